The minimum atomic E-state index is -0.0380. The van der Waals surface area contributed by atoms with E-state index in [1.807, 2.05) is 19.9 Å². The number of nitrogens with one attached hydrogen (secondary N) is 1. The Labute approximate surface area is 114 Å². The lowest BCUT2D eigenvalue weighted by molar-refractivity contribution is -0.120. The maximum atomic E-state index is 12.2. The zero-order chi connectivity index (χ0) is 14.0. The van der Waals surface area contributed by atoms with Gasteiger partial charge in [0, 0.05) is 12.0 Å². The van der Waals surface area contributed by atoms with Gasteiger partial charge >= 0.3 is 0 Å². The summed E-state index contributed by atoms with van der Waals surface area (Å²) in [5.74, 6) is 0.0819. The molecule has 4 heteroatoms. The summed E-state index contributed by atoms with van der Waals surface area (Å²) in [6, 6.07) is 3.81. The van der Waals surface area contributed by atoms with E-state index in [1.54, 1.807) is 6.07 Å². The van der Waals surface area contributed by atoms with Crippen molar-refractivity contribution in [2.24, 2.45) is 11.7 Å². The highest BCUT2D eigenvalue weighted by Crippen LogP contribution is 2.30. The van der Waals surface area contributed by atoms with Crippen molar-refractivity contribution in [3.63, 3.8) is 0 Å². The van der Waals surface area contributed by atoms with Gasteiger partial charge in [0.15, 0.2) is 0 Å². The third-order valence-corrected chi connectivity index (χ3v) is 3.79. The summed E-state index contributed by atoms with van der Waals surface area (Å²) in [7, 11) is 0. The quantitative estimate of drug-likeness (QED) is 0.717. The average Bonchev–Trinajstić information content (AvgIpc) is 2.35. The summed E-state index contributed by atoms with van der Waals surface area (Å²) in [6.07, 6.45) is 3.61. The van der Waals surface area contributed by atoms with E-state index in [1.165, 1.54) is 0 Å². The molecule has 0 heterocycles. The number of rotatable bonds is 2. The fraction of sp³-hybridized carbons (Fsp3) is 0.533. The van der Waals surface area contributed by atoms with Crippen LogP contribution < -0.4 is 11.1 Å². The molecule has 19 heavy (non-hydrogen) atoms. The molecule has 1 fully saturated rings. The van der Waals surface area contributed by atoms with Gasteiger partial charge in [-0.15, -0.1) is 0 Å². The summed E-state index contributed by atoms with van der Waals surface area (Å²) in [5, 5.41) is 12.8. The molecule has 1 aromatic carbocycles. The predicted octanol–water partition coefficient (Wildman–Crippen LogP) is 2.47. The van der Waals surface area contributed by atoms with Crippen molar-refractivity contribution < 1.29 is 9.90 Å². The Morgan fingerprint density at radius 2 is 2.11 bits per heavy atom. The smallest absolute Gasteiger partial charge is 0.227 e. The SMILES string of the molecule is Cc1cc(C)c(O)c(NC(=O)C2CCCC(N)C2)c1. The van der Waals surface area contributed by atoms with E-state index in [2.05, 4.69) is 5.32 Å². The molecule has 1 aromatic rings. The molecule has 4 nitrogen and oxygen atoms in total. The molecule has 104 valence electrons. The van der Waals surface area contributed by atoms with Crippen molar-refractivity contribution in [3.8, 4) is 5.75 Å². The molecular weight excluding hydrogens is 240 g/mol. The number of phenolic OH excluding ortho intramolecular Hbond substituents is 1. The topological polar surface area (TPSA) is 75.3 Å². The zero-order valence-corrected chi connectivity index (χ0v) is 11.6. The van der Waals surface area contributed by atoms with Crippen LogP contribution in [0, 0.1) is 19.8 Å². The van der Waals surface area contributed by atoms with E-state index < -0.39 is 0 Å². The standard InChI is InChI=1S/C15H22N2O2/c1-9-6-10(2)14(18)13(7-9)17-15(19)11-4-3-5-12(16)8-11/h6-7,11-12,18H,3-5,8,16H2,1-2H3,(H,17,19). The molecule has 0 radical (unpaired) electrons. The average molecular weight is 262 g/mol. The van der Waals surface area contributed by atoms with E-state index in [9.17, 15) is 9.90 Å². The number of carbonyl (C=O) groups is 1. The Hall–Kier alpha value is -1.55. The second-order valence-electron chi connectivity index (χ2n) is 5.59. The molecular formula is C15H22N2O2. The van der Waals surface area contributed by atoms with Gasteiger partial charge in [0.25, 0.3) is 0 Å². The number of nitrogens with two attached hydrogens (primary N) is 1. The Bertz CT molecular complexity index is 485. The monoisotopic (exact) mass is 262 g/mol. The van der Waals surface area contributed by atoms with Gasteiger partial charge in [0.05, 0.1) is 5.69 Å². The Morgan fingerprint density at radius 3 is 2.79 bits per heavy atom. The molecule has 0 saturated heterocycles. The summed E-state index contributed by atoms with van der Waals surface area (Å²) in [5.41, 5.74) is 8.20. The number of amides is 1. The predicted molar refractivity (Wildman–Crippen MR) is 76.1 cm³/mol. The lowest BCUT2D eigenvalue weighted by Crippen LogP contribution is -2.34. The van der Waals surface area contributed by atoms with Gasteiger partial charge in [0.1, 0.15) is 5.75 Å². The van der Waals surface area contributed by atoms with Gasteiger partial charge in [-0.05, 0) is 50.3 Å². The second-order valence-corrected chi connectivity index (χ2v) is 5.59. The van der Waals surface area contributed by atoms with E-state index in [0.29, 0.717) is 5.69 Å². The molecule has 0 bridgehead atoms. The number of aromatic hydroxyl groups is 1. The van der Waals surface area contributed by atoms with Crippen LogP contribution in [0.2, 0.25) is 0 Å². The van der Waals surface area contributed by atoms with Crippen LogP contribution in [-0.2, 0) is 4.79 Å². The van der Waals surface area contributed by atoms with Gasteiger partial charge in [0.2, 0.25) is 5.91 Å². The molecule has 0 aromatic heterocycles. The van der Waals surface area contributed by atoms with Gasteiger partial charge in [-0.2, -0.15) is 0 Å². The minimum absolute atomic E-state index is 0.0320. The second kappa shape index (κ2) is 5.61. The van der Waals surface area contributed by atoms with E-state index in [4.69, 9.17) is 5.73 Å². The fourth-order valence-electron chi connectivity index (χ4n) is 2.76. The molecule has 2 atom stereocenters. The molecule has 1 saturated carbocycles. The number of benzene rings is 1. The number of aryl methyl sites for hydroxylation is 2. The third-order valence-electron chi connectivity index (χ3n) is 3.79. The van der Waals surface area contributed by atoms with Gasteiger partial charge in [-0.25, -0.2) is 0 Å². The van der Waals surface area contributed by atoms with Crippen LogP contribution in [0.25, 0.3) is 0 Å². The molecule has 2 rings (SSSR count). The maximum Gasteiger partial charge on any atom is 0.227 e. The summed E-state index contributed by atoms with van der Waals surface area (Å²) >= 11 is 0. The van der Waals surface area contributed by atoms with E-state index >= 15 is 0 Å². The van der Waals surface area contributed by atoms with Crippen LogP contribution in [0.3, 0.4) is 0 Å². The molecule has 1 aliphatic carbocycles. The van der Waals surface area contributed by atoms with Crippen molar-refractivity contribution in [3.05, 3.63) is 23.3 Å². The summed E-state index contributed by atoms with van der Waals surface area (Å²) in [6.45, 7) is 3.77. The largest absolute Gasteiger partial charge is 0.505 e. The maximum absolute atomic E-state index is 12.2. The highest BCUT2D eigenvalue weighted by molar-refractivity contribution is 5.94. The fourth-order valence-corrected chi connectivity index (χ4v) is 2.76. The molecule has 0 aliphatic heterocycles. The van der Waals surface area contributed by atoms with Crippen LogP contribution in [0.4, 0.5) is 5.69 Å². The number of hydrogen-bond acceptors (Lipinski definition) is 3. The van der Waals surface area contributed by atoms with Crippen LogP contribution in [0.5, 0.6) is 5.75 Å². The number of anilines is 1. The number of carbonyl (C=O) groups excluding carboxylic acids is 1. The molecule has 1 aliphatic rings. The first-order valence-electron chi connectivity index (χ1n) is 6.84. The third kappa shape index (κ3) is 3.26. The number of hydrogen-bond donors (Lipinski definition) is 3. The first-order chi connectivity index (χ1) is 8.97. The zero-order valence-electron chi connectivity index (χ0n) is 11.6. The molecule has 4 N–H and O–H groups in total. The van der Waals surface area contributed by atoms with Gasteiger partial charge in [-0.3, -0.25) is 4.79 Å². The van der Waals surface area contributed by atoms with Crippen molar-refractivity contribution in [1.29, 1.82) is 0 Å². The van der Waals surface area contributed by atoms with E-state index in [-0.39, 0.29) is 23.6 Å². The Morgan fingerprint density at radius 1 is 1.37 bits per heavy atom. The lowest BCUT2D eigenvalue weighted by atomic mass is 9.85. The van der Waals surface area contributed by atoms with E-state index in [0.717, 1.165) is 36.8 Å². The van der Waals surface area contributed by atoms with Crippen LogP contribution in [0.15, 0.2) is 12.1 Å². The Balaban J connectivity index is 2.10. The number of phenols is 1. The molecule has 1 amide bonds. The highest BCUT2D eigenvalue weighted by atomic mass is 16.3. The van der Waals surface area contributed by atoms with Crippen LogP contribution in [0.1, 0.15) is 36.8 Å². The first-order valence-corrected chi connectivity index (χ1v) is 6.84. The van der Waals surface area contributed by atoms with Crippen molar-refractivity contribution >= 4 is 11.6 Å². The van der Waals surface area contributed by atoms with Crippen molar-refractivity contribution in [1.82, 2.24) is 0 Å². The van der Waals surface area contributed by atoms with Crippen molar-refractivity contribution in [2.45, 2.75) is 45.6 Å². The summed E-state index contributed by atoms with van der Waals surface area (Å²) in [4.78, 5) is 12.2. The van der Waals surface area contributed by atoms with Crippen molar-refractivity contribution in [2.75, 3.05) is 5.32 Å². The van der Waals surface area contributed by atoms with Crippen LogP contribution in [-0.4, -0.2) is 17.1 Å². The Kier molecular flexibility index (Phi) is 4.10. The minimum Gasteiger partial charge on any atom is -0.505 e. The van der Waals surface area contributed by atoms with Gasteiger partial charge < -0.3 is 16.2 Å². The molecule has 0 spiro atoms. The lowest BCUT2D eigenvalue weighted by Gasteiger charge is -2.25. The van der Waals surface area contributed by atoms with Gasteiger partial charge in [-0.1, -0.05) is 12.5 Å². The summed E-state index contributed by atoms with van der Waals surface area (Å²) < 4.78 is 0. The highest BCUT2D eigenvalue weighted by Gasteiger charge is 2.25. The molecule has 2 unspecified atom stereocenters. The first kappa shape index (κ1) is 13.9. The normalized spacial score (nSPS) is 23.1. The van der Waals surface area contributed by atoms with Crippen LogP contribution >= 0.6 is 0 Å².